The summed E-state index contributed by atoms with van der Waals surface area (Å²) in [4.78, 5) is 17.0. The lowest BCUT2D eigenvalue weighted by Crippen LogP contribution is -2.11. The molecule has 3 aromatic carbocycles. The molecular weight excluding hydrogens is 384 g/mol. The predicted molar refractivity (Wildman–Crippen MR) is 118 cm³/mol. The van der Waals surface area contributed by atoms with Gasteiger partial charge in [-0.15, -0.1) is 0 Å². The van der Waals surface area contributed by atoms with E-state index in [1.807, 2.05) is 30.3 Å². The first-order chi connectivity index (χ1) is 14.0. The first-order valence-corrected chi connectivity index (χ1v) is 9.99. The molecule has 0 aliphatic heterocycles. The van der Waals surface area contributed by atoms with E-state index in [0.29, 0.717) is 28.1 Å². The van der Waals surface area contributed by atoms with Gasteiger partial charge in [0.25, 0.3) is 5.91 Å². The van der Waals surface area contributed by atoms with Crippen molar-refractivity contribution in [2.24, 2.45) is 0 Å². The maximum atomic E-state index is 12.3. The third-order valence-corrected chi connectivity index (χ3v) is 5.30. The molecule has 4 nitrogen and oxygen atoms in total. The smallest absolute Gasteiger partial charge is 0.255 e. The van der Waals surface area contributed by atoms with Crippen molar-refractivity contribution in [3.63, 3.8) is 0 Å². The van der Waals surface area contributed by atoms with Crippen LogP contribution < -0.4 is 5.32 Å². The van der Waals surface area contributed by atoms with E-state index < -0.39 is 0 Å². The van der Waals surface area contributed by atoms with Crippen molar-refractivity contribution in [1.29, 1.82) is 0 Å². The highest BCUT2D eigenvalue weighted by Gasteiger charge is 2.12. The Bertz CT molecular complexity index is 1170. The van der Waals surface area contributed by atoms with Gasteiger partial charge in [0.15, 0.2) is 5.58 Å². The fraction of sp³-hybridized carbons (Fsp3) is 0.167. The standard InChI is InChI=1S/C24H21ClN2O2/c1-3-15(2)17-9-12-22-21(14-17)27-24(29-22)16-7-10-20(11-8-16)26-23(28)18-5-4-6-19(25)13-18/h4-15H,3H2,1-2H3,(H,26,28)/t15-/m1/s1. The number of oxazole rings is 1. The molecule has 0 bridgehead atoms. The zero-order valence-corrected chi connectivity index (χ0v) is 17.0. The number of fused-ring (bicyclic) bond motifs is 1. The minimum atomic E-state index is -0.209. The Kier molecular flexibility index (Phi) is 5.36. The van der Waals surface area contributed by atoms with Gasteiger partial charge in [0.1, 0.15) is 5.52 Å². The molecule has 0 aliphatic rings. The average Bonchev–Trinajstić information content (AvgIpc) is 3.17. The number of halogens is 1. The zero-order chi connectivity index (χ0) is 20.4. The summed E-state index contributed by atoms with van der Waals surface area (Å²) in [5.74, 6) is 0.843. The molecule has 5 heteroatoms. The number of amides is 1. The van der Waals surface area contributed by atoms with Crippen LogP contribution in [0.3, 0.4) is 0 Å². The minimum absolute atomic E-state index is 0.209. The first kappa shape index (κ1) is 19.2. The summed E-state index contributed by atoms with van der Waals surface area (Å²) in [7, 11) is 0. The van der Waals surface area contributed by atoms with Crippen molar-refractivity contribution < 1.29 is 9.21 Å². The van der Waals surface area contributed by atoms with E-state index in [0.717, 1.165) is 23.1 Å². The van der Waals surface area contributed by atoms with Gasteiger partial charge in [0, 0.05) is 21.8 Å². The van der Waals surface area contributed by atoms with Crippen molar-refractivity contribution in [3.05, 3.63) is 82.9 Å². The molecule has 146 valence electrons. The molecule has 0 fully saturated rings. The van der Waals surface area contributed by atoms with E-state index in [2.05, 4.69) is 36.3 Å². The highest BCUT2D eigenvalue weighted by molar-refractivity contribution is 6.31. The minimum Gasteiger partial charge on any atom is -0.436 e. The van der Waals surface area contributed by atoms with E-state index in [-0.39, 0.29) is 5.91 Å². The van der Waals surface area contributed by atoms with Crippen LogP contribution in [-0.4, -0.2) is 10.9 Å². The zero-order valence-electron chi connectivity index (χ0n) is 16.3. The number of anilines is 1. The Morgan fingerprint density at radius 1 is 1.10 bits per heavy atom. The Hall–Kier alpha value is -3.11. The van der Waals surface area contributed by atoms with Crippen molar-refractivity contribution in [3.8, 4) is 11.5 Å². The van der Waals surface area contributed by atoms with Gasteiger partial charge in [-0.05, 0) is 72.5 Å². The third-order valence-electron chi connectivity index (χ3n) is 5.07. The molecule has 1 aromatic heterocycles. The molecule has 1 atom stereocenters. The Morgan fingerprint density at radius 2 is 1.90 bits per heavy atom. The number of aromatic nitrogens is 1. The highest BCUT2D eigenvalue weighted by atomic mass is 35.5. The molecule has 0 spiro atoms. The normalized spacial score (nSPS) is 12.1. The van der Waals surface area contributed by atoms with Crippen LogP contribution in [0.5, 0.6) is 0 Å². The number of hydrogen-bond acceptors (Lipinski definition) is 3. The summed E-state index contributed by atoms with van der Waals surface area (Å²) in [5, 5.41) is 3.40. The highest BCUT2D eigenvalue weighted by Crippen LogP contribution is 2.28. The Morgan fingerprint density at radius 3 is 2.62 bits per heavy atom. The average molecular weight is 405 g/mol. The van der Waals surface area contributed by atoms with Crippen molar-refractivity contribution in [2.75, 3.05) is 5.32 Å². The van der Waals surface area contributed by atoms with Crippen LogP contribution in [0.25, 0.3) is 22.6 Å². The number of benzene rings is 3. The molecule has 4 rings (SSSR count). The number of nitrogens with one attached hydrogen (secondary N) is 1. The predicted octanol–water partition coefficient (Wildman–Crippen LogP) is 6.91. The summed E-state index contributed by atoms with van der Waals surface area (Å²) in [5.41, 5.74) is 4.94. The van der Waals surface area contributed by atoms with Gasteiger partial charge in [0.05, 0.1) is 0 Å². The molecule has 0 aliphatic carbocycles. The van der Waals surface area contributed by atoms with Crippen LogP contribution in [0.2, 0.25) is 5.02 Å². The molecule has 29 heavy (non-hydrogen) atoms. The molecule has 1 heterocycles. The SMILES string of the molecule is CC[C@@H](C)c1ccc2oc(-c3ccc(NC(=O)c4cccc(Cl)c4)cc3)nc2c1. The molecule has 4 aromatic rings. The number of nitrogens with zero attached hydrogens (tertiary/aromatic N) is 1. The van der Waals surface area contributed by atoms with Gasteiger partial charge in [-0.3, -0.25) is 4.79 Å². The van der Waals surface area contributed by atoms with Crippen LogP contribution in [0.15, 0.2) is 71.1 Å². The maximum absolute atomic E-state index is 12.3. The van der Waals surface area contributed by atoms with Crippen LogP contribution in [0, 0.1) is 0 Å². The van der Waals surface area contributed by atoms with Gasteiger partial charge in [0.2, 0.25) is 5.89 Å². The second-order valence-electron chi connectivity index (χ2n) is 7.10. The molecule has 0 saturated carbocycles. The van der Waals surface area contributed by atoms with Gasteiger partial charge in [-0.1, -0.05) is 37.6 Å². The quantitative estimate of drug-likeness (QED) is 0.393. The van der Waals surface area contributed by atoms with Gasteiger partial charge in [-0.2, -0.15) is 0 Å². The topological polar surface area (TPSA) is 55.1 Å². The third kappa shape index (κ3) is 4.17. The number of carbonyl (C=O) groups excluding carboxylic acids is 1. The molecule has 1 N–H and O–H groups in total. The largest absolute Gasteiger partial charge is 0.436 e. The molecule has 1 amide bonds. The molecule has 0 radical (unpaired) electrons. The summed E-state index contributed by atoms with van der Waals surface area (Å²) < 4.78 is 5.91. The Labute approximate surface area is 174 Å². The van der Waals surface area contributed by atoms with Crippen molar-refractivity contribution in [1.82, 2.24) is 4.98 Å². The van der Waals surface area contributed by atoms with Gasteiger partial charge in [-0.25, -0.2) is 4.98 Å². The van der Waals surface area contributed by atoms with E-state index >= 15 is 0 Å². The second kappa shape index (κ2) is 8.10. The van der Waals surface area contributed by atoms with Crippen LogP contribution in [-0.2, 0) is 0 Å². The fourth-order valence-corrected chi connectivity index (χ4v) is 3.33. The molecule has 0 saturated heterocycles. The lowest BCUT2D eigenvalue weighted by molar-refractivity contribution is 0.102. The van der Waals surface area contributed by atoms with Gasteiger partial charge >= 0.3 is 0 Å². The number of rotatable bonds is 5. The maximum Gasteiger partial charge on any atom is 0.255 e. The summed E-state index contributed by atoms with van der Waals surface area (Å²) in [6.07, 6.45) is 1.08. The summed E-state index contributed by atoms with van der Waals surface area (Å²) >= 11 is 5.95. The monoisotopic (exact) mass is 404 g/mol. The Balaban J connectivity index is 1.53. The fourth-order valence-electron chi connectivity index (χ4n) is 3.14. The van der Waals surface area contributed by atoms with E-state index in [1.54, 1.807) is 24.3 Å². The molecular formula is C24H21ClN2O2. The lowest BCUT2D eigenvalue weighted by Gasteiger charge is -2.07. The van der Waals surface area contributed by atoms with Crippen LogP contribution in [0.4, 0.5) is 5.69 Å². The van der Waals surface area contributed by atoms with E-state index in [1.165, 1.54) is 5.56 Å². The molecule has 0 unspecified atom stereocenters. The van der Waals surface area contributed by atoms with Crippen molar-refractivity contribution >= 4 is 34.3 Å². The summed E-state index contributed by atoms with van der Waals surface area (Å²) in [6.45, 7) is 4.38. The van der Waals surface area contributed by atoms with Crippen LogP contribution in [0.1, 0.15) is 42.1 Å². The van der Waals surface area contributed by atoms with Crippen molar-refractivity contribution in [2.45, 2.75) is 26.2 Å². The second-order valence-corrected chi connectivity index (χ2v) is 7.53. The van der Waals surface area contributed by atoms with Gasteiger partial charge < -0.3 is 9.73 Å². The lowest BCUT2D eigenvalue weighted by atomic mass is 9.98. The van der Waals surface area contributed by atoms with Crippen LogP contribution >= 0.6 is 11.6 Å². The summed E-state index contributed by atoms with van der Waals surface area (Å²) in [6, 6.07) is 20.4. The van der Waals surface area contributed by atoms with E-state index in [9.17, 15) is 4.79 Å². The number of carbonyl (C=O) groups is 1. The van der Waals surface area contributed by atoms with E-state index in [4.69, 9.17) is 16.0 Å². The number of hydrogen-bond donors (Lipinski definition) is 1. The first-order valence-electron chi connectivity index (χ1n) is 9.61.